The third kappa shape index (κ3) is 2.49. The van der Waals surface area contributed by atoms with E-state index < -0.39 is 21.9 Å². The van der Waals surface area contributed by atoms with E-state index in [0.717, 1.165) is 15.1 Å². The zero-order chi connectivity index (χ0) is 18.5. The van der Waals surface area contributed by atoms with Crippen molar-refractivity contribution in [3.63, 3.8) is 0 Å². The first-order valence-corrected chi connectivity index (χ1v) is 9.68. The molecule has 1 aliphatic rings. The van der Waals surface area contributed by atoms with Crippen LogP contribution in [-0.2, 0) is 10.0 Å². The van der Waals surface area contributed by atoms with Gasteiger partial charge in [0.2, 0.25) is 0 Å². The number of sulfonamides is 1. The molecule has 0 amide bonds. The zero-order valence-corrected chi connectivity index (χ0v) is 14.8. The van der Waals surface area contributed by atoms with Crippen LogP contribution < -0.4 is 4.31 Å². The number of ketones is 1. The highest BCUT2D eigenvalue weighted by molar-refractivity contribution is 7.92. The molecule has 3 aromatic carbocycles. The van der Waals surface area contributed by atoms with Gasteiger partial charge in [-0.15, -0.1) is 0 Å². The van der Waals surface area contributed by atoms with Crippen LogP contribution in [0.1, 0.15) is 23.7 Å². The fraction of sp³-hybridized carbons (Fsp3) is 0.150. The Bertz CT molecular complexity index is 1140. The lowest BCUT2D eigenvalue weighted by Crippen LogP contribution is -2.44. The average molecular weight is 369 g/mol. The Kier molecular flexibility index (Phi) is 3.80. The van der Waals surface area contributed by atoms with Crippen molar-refractivity contribution < 1.29 is 17.6 Å². The van der Waals surface area contributed by atoms with Crippen LogP contribution in [0, 0.1) is 5.82 Å². The second-order valence-electron chi connectivity index (χ2n) is 6.42. The zero-order valence-electron chi connectivity index (χ0n) is 14.0. The molecule has 4 nitrogen and oxygen atoms in total. The summed E-state index contributed by atoms with van der Waals surface area (Å²) in [5, 5.41) is 1.73. The maximum atomic E-state index is 14.2. The summed E-state index contributed by atoms with van der Waals surface area (Å²) in [4.78, 5) is 12.4. The molecule has 0 unspecified atom stereocenters. The van der Waals surface area contributed by atoms with Gasteiger partial charge in [-0.05, 0) is 42.0 Å². The summed E-state index contributed by atoms with van der Waals surface area (Å²) in [6.07, 6.45) is -0.0548. The van der Waals surface area contributed by atoms with Gasteiger partial charge in [-0.3, -0.25) is 9.10 Å². The summed E-state index contributed by atoms with van der Waals surface area (Å²) in [7, 11) is -3.94. The van der Waals surface area contributed by atoms with Gasteiger partial charge in [0, 0.05) is 12.5 Å². The molecule has 4 rings (SSSR count). The second-order valence-corrected chi connectivity index (χ2v) is 8.24. The number of benzene rings is 3. The summed E-state index contributed by atoms with van der Waals surface area (Å²) in [6, 6.07) is 15.8. The normalized spacial score (nSPS) is 17.4. The lowest BCUT2D eigenvalue weighted by atomic mass is 9.97. The molecule has 1 heterocycles. The van der Waals surface area contributed by atoms with Crippen molar-refractivity contribution in [2.24, 2.45) is 0 Å². The number of fused-ring (bicyclic) bond motifs is 2. The smallest absolute Gasteiger partial charge is 0.264 e. The maximum absolute atomic E-state index is 14.2. The van der Waals surface area contributed by atoms with E-state index in [1.807, 2.05) is 24.3 Å². The van der Waals surface area contributed by atoms with E-state index >= 15 is 0 Å². The molecule has 1 atom stereocenters. The standard InChI is InChI=1S/C20H16FNO3S/c1-13-11-19(23)20-17(21)7-4-8-18(20)22(13)26(24,25)16-10-9-14-5-2-3-6-15(14)12-16/h2-10,12-13H,11H2,1H3/t13-/m1/s1. The van der Waals surface area contributed by atoms with Crippen LogP contribution in [0.15, 0.2) is 65.6 Å². The Hall–Kier alpha value is -2.73. The number of Topliss-reactive ketones (excluding diaryl/α,β-unsaturated/α-hetero) is 1. The Morgan fingerprint density at radius 2 is 1.73 bits per heavy atom. The van der Waals surface area contributed by atoms with Gasteiger partial charge in [-0.1, -0.05) is 36.4 Å². The Morgan fingerprint density at radius 3 is 2.50 bits per heavy atom. The van der Waals surface area contributed by atoms with E-state index in [-0.39, 0.29) is 28.4 Å². The Morgan fingerprint density at radius 1 is 1.00 bits per heavy atom. The number of halogens is 1. The number of rotatable bonds is 2. The molecular weight excluding hydrogens is 353 g/mol. The molecule has 0 N–H and O–H groups in total. The highest BCUT2D eigenvalue weighted by Crippen LogP contribution is 2.37. The molecule has 0 bridgehead atoms. The number of anilines is 1. The highest BCUT2D eigenvalue weighted by atomic mass is 32.2. The lowest BCUT2D eigenvalue weighted by molar-refractivity contribution is 0.0968. The molecule has 26 heavy (non-hydrogen) atoms. The fourth-order valence-electron chi connectivity index (χ4n) is 3.47. The number of carbonyl (C=O) groups is 1. The molecular formula is C20H16FNO3S. The van der Waals surface area contributed by atoms with Gasteiger partial charge in [0.1, 0.15) is 5.82 Å². The van der Waals surface area contributed by atoms with Crippen LogP contribution in [-0.4, -0.2) is 20.2 Å². The first-order chi connectivity index (χ1) is 12.4. The van der Waals surface area contributed by atoms with Gasteiger partial charge in [0.25, 0.3) is 10.0 Å². The topological polar surface area (TPSA) is 54.5 Å². The SMILES string of the molecule is C[C@@H]1CC(=O)c2c(F)cccc2N1S(=O)(=O)c1ccc2ccccc2c1. The minimum Gasteiger partial charge on any atom is -0.294 e. The molecule has 0 fully saturated rings. The van der Waals surface area contributed by atoms with E-state index in [4.69, 9.17) is 0 Å². The Balaban J connectivity index is 1.91. The maximum Gasteiger partial charge on any atom is 0.264 e. The number of carbonyl (C=O) groups excluding carboxylic acids is 1. The van der Waals surface area contributed by atoms with Crippen molar-refractivity contribution in [2.45, 2.75) is 24.3 Å². The van der Waals surface area contributed by atoms with Crippen LogP contribution in [0.3, 0.4) is 0 Å². The fourth-order valence-corrected chi connectivity index (χ4v) is 5.17. The average Bonchev–Trinajstić information content (AvgIpc) is 2.60. The molecule has 0 radical (unpaired) electrons. The molecule has 1 aliphatic heterocycles. The van der Waals surface area contributed by atoms with Gasteiger partial charge in [-0.2, -0.15) is 0 Å². The van der Waals surface area contributed by atoms with Crippen LogP contribution in [0.5, 0.6) is 0 Å². The van der Waals surface area contributed by atoms with E-state index in [9.17, 15) is 17.6 Å². The van der Waals surface area contributed by atoms with E-state index in [1.54, 1.807) is 25.1 Å². The lowest BCUT2D eigenvalue weighted by Gasteiger charge is -2.35. The van der Waals surface area contributed by atoms with Crippen LogP contribution in [0.4, 0.5) is 10.1 Å². The van der Waals surface area contributed by atoms with Gasteiger partial charge >= 0.3 is 0 Å². The van der Waals surface area contributed by atoms with Crippen molar-refractivity contribution in [1.29, 1.82) is 0 Å². The molecule has 132 valence electrons. The van der Waals surface area contributed by atoms with Crippen LogP contribution in [0.2, 0.25) is 0 Å². The molecule has 0 spiro atoms. The van der Waals surface area contributed by atoms with Gasteiger partial charge in [-0.25, -0.2) is 12.8 Å². The number of hydrogen-bond donors (Lipinski definition) is 0. The molecule has 3 aromatic rings. The molecule has 0 saturated carbocycles. The summed E-state index contributed by atoms with van der Waals surface area (Å²) in [5.74, 6) is -1.08. The van der Waals surface area contributed by atoms with Crippen molar-refractivity contribution in [3.05, 3.63) is 72.0 Å². The predicted octanol–water partition coefficient (Wildman–Crippen LogP) is 4.15. The van der Waals surface area contributed by atoms with Crippen LogP contribution >= 0.6 is 0 Å². The van der Waals surface area contributed by atoms with Crippen molar-refractivity contribution in [2.75, 3.05) is 4.31 Å². The summed E-state index contributed by atoms with van der Waals surface area (Å²) < 4.78 is 42.0. The summed E-state index contributed by atoms with van der Waals surface area (Å²) in [6.45, 7) is 1.66. The van der Waals surface area contributed by atoms with Gasteiger partial charge in [0.05, 0.1) is 16.1 Å². The van der Waals surface area contributed by atoms with E-state index in [0.29, 0.717) is 0 Å². The minimum atomic E-state index is -3.94. The molecule has 0 aliphatic carbocycles. The summed E-state index contributed by atoms with van der Waals surface area (Å²) in [5.41, 5.74) is -0.0585. The predicted molar refractivity (Wildman–Crippen MR) is 98.4 cm³/mol. The largest absolute Gasteiger partial charge is 0.294 e. The first-order valence-electron chi connectivity index (χ1n) is 8.24. The van der Waals surface area contributed by atoms with Crippen molar-refractivity contribution in [3.8, 4) is 0 Å². The summed E-state index contributed by atoms with van der Waals surface area (Å²) >= 11 is 0. The highest BCUT2D eigenvalue weighted by Gasteiger charge is 2.38. The monoisotopic (exact) mass is 369 g/mol. The van der Waals surface area contributed by atoms with E-state index in [2.05, 4.69) is 0 Å². The van der Waals surface area contributed by atoms with Crippen LogP contribution in [0.25, 0.3) is 10.8 Å². The van der Waals surface area contributed by atoms with E-state index in [1.165, 1.54) is 18.2 Å². The second kappa shape index (κ2) is 5.92. The Labute approximate surface area is 150 Å². The van der Waals surface area contributed by atoms with Gasteiger partial charge < -0.3 is 0 Å². The minimum absolute atomic E-state index is 0.0548. The van der Waals surface area contributed by atoms with Gasteiger partial charge in [0.15, 0.2) is 5.78 Å². The number of nitrogens with zero attached hydrogens (tertiary/aromatic N) is 1. The van der Waals surface area contributed by atoms with Crippen molar-refractivity contribution >= 4 is 32.3 Å². The quantitative estimate of drug-likeness (QED) is 0.682. The molecule has 0 aromatic heterocycles. The number of hydrogen-bond acceptors (Lipinski definition) is 3. The third-order valence-electron chi connectivity index (χ3n) is 4.67. The first kappa shape index (κ1) is 16.7. The third-order valence-corrected chi connectivity index (χ3v) is 6.59. The molecule has 0 saturated heterocycles. The van der Waals surface area contributed by atoms with Crippen molar-refractivity contribution in [1.82, 2.24) is 0 Å². The molecule has 6 heteroatoms.